The summed E-state index contributed by atoms with van der Waals surface area (Å²) in [5.41, 5.74) is 3.59. The van der Waals surface area contributed by atoms with Gasteiger partial charge in [-0.25, -0.2) is 0 Å². The number of likely N-dealkylation sites (tertiary alicyclic amines) is 1. The molecule has 5 heteroatoms. The molecule has 2 aromatic rings. The maximum Gasteiger partial charge on any atom is 0.177 e. The molecule has 118 valence electrons. The van der Waals surface area contributed by atoms with Crippen LogP contribution in [0.2, 0.25) is 0 Å². The Morgan fingerprint density at radius 1 is 1.50 bits per heavy atom. The van der Waals surface area contributed by atoms with Crippen molar-refractivity contribution in [2.45, 2.75) is 33.1 Å². The molecule has 0 radical (unpaired) electrons. The van der Waals surface area contributed by atoms with E-state index >= 15 is 0 Å². The first-order valence-corrected chi connectivity index (χ1v) is 8.83. The number of thiophene rings is 1. The number of aromatic nitrogens is 2. The standard InChI is InChI=1S/C17H23N3OS/c1-12-15(13(2)19-18-12)7-9-20-8-3-5-14(11-20)17(21)16-6-4-10-22-16/h4,6,10,14H,3,5,7-9,11H2,1-2H3,(H,18,19)/t14-/m1/s1. The van der Waals surface area contributed by atoms with Crippen molar-refractivity contribution in [1.82, 2.24) is 15.1 Å². The van der Waals surface area contributed by atoms with Crippen LogP contribution in [-0.2, 0) is 6.42 Å². The Kier molecular flexibility index (Phi) is 4.74. The van der Waals surface area contributed by atoms with Crippen molar-refractivity contribution < 1.29 is 4.79 Å². The zero-order valence-corrected chi connectivity index (χ0v) is 14.1. The number of carbonyl (C=O) groups is 1. The fraction of sp³-hybridized carbons (Fsp3) is 0.529. The number of nitrogens with one attached hydrogen (secondary N) is 1. The summed E-state index contributed by atoms with van der Waals surface area (Å²) in [6.07, 6.45) is 3.15. The normalized spacial score (nSPS) is 19.5. The van der Waals surface area contributed by atoms with Gasteiger partial charge in [-0.2, -0.15) is 5.10 Å². The van der Waals surface area contributed by atoms with E-state index in [-0.39, 0.29) is 5.92 Å². The van der Waals surface area contributed by atoms with Crippen LogP contribution in [0.3, 0.4) is 0 Å². The van der Waals surface area contributed by atoms with Gasteiger partial charge in [-0.05, 0) is 56.7 Å². The van der Waals surface area contributed by atoms with Crippen molar-refractivity contribution in [2.24, 2.45) is 5.92 Å². The monoisotopic (exact) mass is 317 g/mol. The zero-order chi connectivity index (χ0) is 15.5. The Morgan fingerprint density at radius 3 is 3.05 bits per heavy atom. The summed E-state index contributed by atoms with van der Waals surface area (Å²) < 4.78 is 0. The molecule has 4 nitrogen and oxygen atoms in total. The van der Waals surface area contributed by atoms with Gasteiger partial charge in [0, 0.05) is 24.7 Å². The maximum absolute atomic E-state index is 12.5. The van der Waals surface area contributed by atoms with E-state index in [1.807, 2.05) is 17.5 Å². The molecule has 0 aromatic carbocycles. The first kappa shape index (κ1) is 15.4. The summed E-state index contributed by atoms with van der Waals surface area (Å²) in [5.74, 6) is 0.495. The van der Waals surface area contributed by atoms with Crippen LogP contribution in [0.4, 0.5) is 0 Å². The Morgan fingerprint density at radius 2 is 2.36 bits per heavy atom. The van der Waals surface area contributed by atoms with E-state index in [0.29, 0.717) is 5.78 Å². The zero-order valence-electron chi connectivity index (χ0n) is 13.3. The van der Waals surface area contributed by atoms with Crippen LogP contribution < -0.4 is 0 Å². The summed E-state index contributed by atoms with van der Waals surface area (Å²) in [7, 11) is 0. The van der Waals surface area contributed by atoms with Crippen LogP contribution in [0, 0.1) is 19.8 Å². The number of nitrogens with zero attached hydrogens (tertiary/aromatic N) is 2. The lowest BCUT2D eigenvalue weighted by molar-refractivity contribution is 0.0825. The molecular weight excluding hydrogens is 294 g/mol. The molecule has 1 atom stereocenters. The highest BCUT2D eigenvalue weighted by molar-refractivity contribution is 7.12. The van der Waals surface area contributed by atoms with Gasteiger partial charge in [-0.15, -0.1) is 11.3 Å². The predicted octanol–water partition coefficient (Wildman–Crippen LogP) is 3.23. The Hall–Kier alpha value is -1.46. The number of Topliss-reactive ketones (excluding diaryl/α,β-unsaturated/α-hetero) is 1. The molecule has 22 heavy (non-hydrogen) atoms. The van der Waals surface area contributed by atoms with Crippen molar-refractivity contribution in [2.75, 3.05) is 19.6 Å². The molecule has 1 aliphatic heterocycles. The number of aryl methyl sites for hydroxylation is 2. The largest absolute Gasteiger partial charge is 0.302 e. The molecule has 1 N–H and O–H groups in total. The third-order valence-corrected chi connectivity index (χ3v) is 5.48. The van der Waals surface area contributed by atoms with E-state index in [9.17, 15) is 4.79 Å². The SMILES string of the molecule is Cc1n[nH]c(C)c1CCN1CCC[C@@H](C(=O)c2cccs2)C1. The Bertz CT molecular complexity index is 613. The molecule has 1 saturated heterocycles. The third-order valence-electron chi connectivity index (χ3n) is 4.60. The minimum absolute atomic E-state index is 0.166. The molecule has 0 amide bonds. The highest BCUT2D eigenvalue weighted by Gasteiger charge is 2.27. The minimum atomic E-state index is 0.166. The number of piperidine rings is 1. The van der Waals surface area contributed by atoms with E-state index < -0.39 is 0 Å². The number of hydrogen-bond donors (Lipinski definition) is 1. The van der Waals surface area contributed by atoms with E-state index in [1.54, 1.807) is 11.3 Å². The van der Waals surface area contributed by atoms with E-state index in [2.05, 4.69) is 28.9 Å². The lowest BCUT2D eigenvalue weighted by Crippen LogP contribution is -2.39. The van der Waals surface area contributed by atoms with Gasteiger partial charge in [0.15, 0.2) is 5.78 Å². The number of rotatable bonds is 5. The molecular formula is C17H23N3OS. The van der Waals surface area contributed by atoms with Crippen molar-refractivity contribution in [3.63, 3.8) is 0 Å². The number of ketones is 1. The highest BCUT2D eigenvalue weighted by Crippen LogP contribution is 2.23. The molecule has 3 rings (SSSR count). The van der Waals surface area contributed by atoms with Crippen LogP contribution in [0.1, 0.15) is 39.5 Å². The lowest BCUT2D eigenvalue weighted by atomic mass is 9.92. The molecule has 0 unspecified atom stereocenters. The lowest BCUT2D eigenvalue weighted by Gasteiger charge is -2.31. The van der Waals surface area contributed by atoms with E-state index in [4.69, 9.17) is 0 Å². The van der Waals surface area contributed by atoms with Crippen LogP contribution in [0.15, 0.2) is 17.5 Å². The van der Waals surface area contributed by atoms with Crippen LogP contribution in [0.25, 0.3) is 0 Å². The number of carbonyl (C=O) groups excluding carboxylic acids is 1. The van der Waals surface area contributed by atoms with Gasteiger partial charge < -0.3 is 4.90 Å². The number of hydrogen-bond acceptors (Lipinski definition) is 4. The average Bonchev–Trinajstić information content (AvgIpc) is 3.16. The van der Waals surface area contributed by atoms with Gasteiger partial charge in [0.05, 0.1) is 10.6 Å². The molecule has 0 saturated carbocycles. The van der Waals surface area contributed by atoms with Gasteiger partial charge in [-0.3, -0.25) is 9.89 Å². The summed E-state index contributed by atoms with van der Waals surface area (Å²) in [4.78, 5) is 15.9. The first-order valence-electron chi connectivity index (χ1n) is 7.95. The van der Waals surface area contributed by atoms with Gasteiger partial charge in [0.2, 0.25) is 0 Å². The highest BCUT2D eigenvalue weighted by atomic mass is 32.1. The number of aromatic amines is 1. The van der Waals surface area contributed by atoms with Crippen molar-refractivity contribution >= 4 is 17.1 Å². The molecule has 1 aliphatic rings. The molecule has 2 aromatic heterocycles. The smallest absolute Gasteiger partial charge is 0.177 e. The quantitative estimate of drug-likeness (QED) is 0.861. The second-order valence-corrected chi connectivity index (χ2v) is 7.09. The first-order chi connectivity index (χ1) is 10.6. The molecule has 0 aliphatic carbocycles. The minimum Gasteiger partial charge on any atom is -0.302 e. The third kappa shape index (κ3) is 3.31. The second kappa shape index (κ2) is 6.75. The van der Waals surface area contributed by atoms with Crippen LogP contribution in [-0.4, -0.2) is 40.5 Å². The fourth-order valence-corrected chi connectivity index (χ4v) is 4.05. The van der Waals surface area contributed by atoms with Crippen LogP contribution >= 0.6 is 11.3 Å². The average molecular weight is 317 g/mol. The Balaban J connectivity index is 1.58. The van der Waals surface area contributed by atoms with Crippen molar-refractivity contribution in [1.29, 1.82) is 0 Å². The fourth-order valence-electron chi connectivity index (χ4n) is 3.30. The summed E-state index contributed by atoms with van der Waals surface area (Å²) in [6.45, 7) is 7.14. The van der Waals surface area contributed by atoms with Crippen LogP contribution in [0.5, 0.6) is 0 Å². The summed E-state index contributed by atoms with van der Waals surface area (Å²) >= 11 is 1.56. The van der Waals surface area contributed by atoms with Gasteiger partial charge in [0.1, 0.15) is 0 Å². The summed E-state index contributed by atoms with van der Waals surface area (Å²) in [5, 5.41) is 9.29. The van der Waals surface area contributed by atoms with Gasteiger partial charge in [-0.1, -0.05) is 6.07 Å². The Labute approximate surface area is 135 Å². The van der Waals surface area contributed by atoms with Gasteiger partial charge >= 0.3 is 0 Å². The molecule has 0 spiro atoms. The van der Waals surface area contributed by atoms with Gasteiger partial charge in [0.25, 0.3) is 0 Å². The maximum atomic E-state index is 12.5. The second-order valence-electron chi connectivity index (χ2n) is 6.14. The van der Waals surface area contributed by atoms with E-state index in [1.165, 1.54) is 11.3 Å². The predicted molar refractivity (Wildman–Crippen MR) is 89.6 cm³/mol. The van der Waals surface area contributed by atoms with Crippen molar-refractivity contribution in [3.8, 4) is 0 Å². The molecule has 3 heterocycles. The van der Waals surface area contributed by atoms with Crippen molar-refractivity contribution in [3.05, 3.63) is 39.3 Å². The topological polar surface area (TPSA) is 49.0 Å². The number of H-pyrrole nitrogens is 1. The summed E-state index contributed by atoms with van der Waals surface area (Å²) in [6, 6.07) is 3.91. The van der Waals surface area contributed by atoms with E-state index in [0.717, 1.165) is 49.5 Å². The molecule has 0 bridgehead atoms. The molecule has 1 fully saturated rings.